The zero-order valence-corrected chi connectivity index (χ0v) is 12.8. The zero-order valence-electron chi connectivity index (χ0n) is 12.8. The third-order valence-corrected chi connectivity index (χ3v) is 3.36. The number of carbonyl (C=O) groups is 1. The highest BCUT2D eigenvalue weighted by Gasteiger charge is 2.17. The molecule has 1 aromatic carbocycles. The van der Waals surface area contributed by atoms with Gasteiger partial charge in [0, 0.05) is 31.6 Å². The maximum absolute atomic E-state index is 11.8. The Balaban J connectivity index is 2.42. The number of hydrogen-bond donors (Lipinski definition) is 2. The summed E-state index contributed by atoms with van der Waals surface area (Å²) in [7, 11) is 2.03. The molecule has 1 aromatic rings. The molecule has 1 atom stereocenters. The van der Waals surface area contributed by atoms with Crippen LogP contribution >= 0.6 is 0 Å². The van der Waals surface area contributed by atoms with Gasteiger partial charge in [0.05, 0.1) is 0 Å². The Morgan fingerprint density at radius 2 is 1.95 bits per heavy atom. The van der Waals surface area contributed by atoms with Crippen LogP contribution in [0.3, 0.4) is 0 Å². The van der Waals surface area contributed by atoms with Gasteiger partial charge >= 0.3 is 0 Å². The van der Waals surface area contributed by atoms with E-state index in [9.17, 15) is 4.79 Å². The van der Waals surface area contributed by atoms with Gasteiger partial charge in [-0.2, -0.15) is 0 Å². The highest BCUT2D eigenvalue weighted by atomic mass is 16.1. The number of nitrogens with zero attached hydrogens (tertiary/aromatic N) is 1. The second kappa shape index (κ2) is 8.72. The summed E-state index contributed by atoms with van der Waals surface area (Å²) >= 11 is 0. The molecule has 4 nitrogen and oxygen atoms in total. The van der Waals surface area contributed by atoms with Crippen molar-refractivity contribution in [3.8, 4) is 0 Å². The van der Waals surface area contributed by atoms with Gasteiger partial charge in [-0.1, -0.05) is 30.3 Å². The number of likely N-dealkylation sites (N-methyl/N-ethyl adjacent to an activating group) is 1. The van der Waals surface area contributed by atoms with Crippen molar-refractivity contribution in [2.75, 3.05) is 20.1 Å². The molecular formula is C16H27N3O. The van der Waals surface area contributed by atoms with Gasteiger partial charge in [-0.05, 0) is 32.9 Å². The fourth-order valence-corrected chi connectivity index (χ4v) is 2.15. The Morgan fingerprint density at radius 3 is 2.50 bits per heavy atom. The van der Waals surface area contributed by atoms with E-state index in [2.05, 4.69) is 22.3 Å². The number of amides is 1. The predicted octanol–water partition coefficient (Wildman–Crippen LogP) is 1.40. The van der Waals surface area contributed by atoms with Crippen molar-refractivity contribution >= 4 is 5.91 Å². The third kappa shape index (κ3) is 6.17. The minimum Gasteiger partial charge on any atom is -0.354 e. The molecule has 1 amide bonds. The first-order chi connectivity index (χ1) is 9.52. The number of carbonyl (C=O) groups excluding carboxylic acids is 1. The Labute approximate surface area is 122 Å². The summed E-state index contributed by atoms with van der Waals surface area (Å²) in [6, 6.07) is 10.6. The molecule has 0 aliphatic rings. The van der Waals surface area contributed by atoms with Crippen LogP contribution in [0, 0.1) is 0 Å². The van der Waals surface area contributed by atoms with E-state index in [0.717, 1.165) is 13.0 Å². The lowest BCUT2D eigenvalue weighted by molar-refractivity contribution is -0.122. The largest absolute Gasteiger partial charge is 0.354 e. The van der Waals surface area contributed by atoms with Crippen LogP contribution in [0.5, 0.6) is 0 Å². The van der Waals surface area contributed by atoms with Crippen molar-refractivity contribution in [3.63, 3.8) is 0 Å². The van der Waals surface area contributed by atoms with Gasteiger partial charge in [-0.25, -0.2) is 0 Å². The fourth-order valence-electron chi connectivity index (χ4n) is 2.15. The highest BCUT2D eigenvalue weighted by molar-refractivity contribution is 5.76. The van der Waals surface area contributed by atoms with Gasteiger partial charge in [0.2, 0.25) is 5.91 Å². The Kier molecular flexibility index (Phi) is 7.26. The molecule has 0 radical (unpaired) electrons. The van der Waals surface area contributed by atoms with Crippen molar-refractivity contribution in [1.29, 1.82) is 0 Å². The lowest BCUT2D eigenvalue weighted by Gasteiger charge is -2.27. The molecule has 1 unspecified atom stereocenters. The molecule has 0 spiro atoms. The Bertz CT molecular complexity index is 392. The van der Waals surface area contributed by atoms with E-state index in [4.69, 9.17) is 5.73 Å². The topological polar surface area (TPSA) is 58.4 Å². The van der Waals surface area contributed by atoms with E-state index in [0.29, 0.717) is 13.0 Å². The molecule has 20 heavy (non-hydrogen) atoms. The first kappa shape index (κ1) is 16.7. The number of nitrogens with two attached hydrogens (primary N) is 1. The third-order valence-electron chi connectivity index (χ3n) is 3.36. The molecule has 0 bridgehead atoms. The van der Waals surface area contributed by atoms with Gasteiger partial charge in [-0.3, -0.25) is 4.79 Å². The van der Waals surface area contributed by atoms with E-state index in [1.54, 1.807) is 0 Å². The molecular weight excluding hydrogens is 250 g/mol. The van der Waals surface area contributed by atoms with Gasteiger partial charge < -0.3 is 16.0 Å². The predicted molar refractivity (Wildman–Crippen MR) is 83.5 cm³/mol. The van der Waals surface area contributed by atoms with Crippen molar-refractivity contribution in [3.05, 3.63) is 35.9 Å². The first-order valence-electron chi connectivity index (χ1n) is 7.26. The molecule has 0 fully saturated rings. The summed E-state index contributed by atoms with van der Waals surface area (Å²) in [5.41, 5.74) is 7.11. The van der Waals surface area contributed by atoms with Crippen molar-refractivity contribution in [2.45, 2.75) is 38.8 Å². The van der Waals surface area contributed by atoms with E-state index < -0.39 is 0 Å². The summed E-state index contributed by atoms with van der Waals surface area (Å²) < 4.78 is 0. The van der Waals surface area contributed by atoms with Crippen molar-refractivity contribution in [2.24, 2.45) is 5.73 Å². The molecule has 0 heterocycles. The van der Waals surface area contributed by atoms with Crippen LogP contribution in [0.15, 0.2) is 30.3 Å². The minimum absolute atomic E-state index is 0.0713. The normalized spacial score (nSPS) is 12.7. The maximum Gasteiger partial charge on any atom is 0.221 e. The number of hydrogen-bond acceptors (Lipinski definition) is 3. The van der Waals surface area contributed by atoms with Crippen LogP contribution in [0.4, 0.5) is 0 Å². The van der Waals surface area contributed by atoms with Crippen LogP contribution in [-0.4, -0.2) is 43.0 Å². The average Bonchev–Trinajstić information content (AvgIpc) is 2.42. The standard InChI is InChI=1S/C16H27N3O/c1-13(2)18-16(20)11-15(12-17)19(3)10-9-14-7-5-4-6-8-14/h4-8,13,15H,9-12,17H2,1-3H3,(H,18,20). The van der Waals surface area contributed by atoms with Crippen LogP contribution < -0.4 is 11.1 Å². The number of rotatable bonds is 8. The molecule has 112 valence electrons. The lowest BCUT2D eigenvalue weighted by Crippen LogP contribution is -2.43. The molecule has 0 aliphatic heterocycles. The fraction of sp³-hybridized carbons (Fsp3) is 0.562. The van der Waals surface area contributed by atoms with Crippen LogP contribution in [-0.2, 0) is 11.2 Å². The van der Waals surface area contributed by atoms with Crippen LogP contribution in [0.25, 0.3) is 0 Å². The van der Waals surface area contributed by atoms with Crippen molar-refractivity contribution < 1.29 is 4.79 Å². The summed E-state index contributed by atoms with van der Waals surface area (Å²) in [5, 5.41) is 2.92. The van der Waals surface area contributed by atoms with E-state index >= 15 is 0 Å². The smallest absolute Gasteiger partial charge is 0.221 e. The van der Waals surface area contributed by atoms with Gasteiger partial charge in [0.1, 0.15) is 0 Å². The maximum atomic E-state index is 11.8. The Hall–Kier alpha value is -1.39. The molecule has 3 N–H and O–H groups in total. The quantitative estimate of drug-likeness (QED) is 0.755. The molecule has 4 heteroatoms. The van der Waals surface area contributed by atoms with E-state index in [1.165, 1.54) is 5.56 Å². The first-order valence-corrected chi connectivity index (χ1v) is 7.26. The monoisotopic (exact) mass is 277 g/mol. The molecule has 0 saturated carbocycles. The minimum atomic E-state index is 0.0713. The van der Waals surface area contributed by atoms with E-state index in [-0.39, 0.29) is 18.0 Å². The molecule has 1 rings (SSSR count). The summed E-state index contributed by atoms with van der Waals surface area (Å²) in [4.78, 5) is 14.0. The molecule has 0 aliphatic carbocycles. The average molecular weight is 277 g/mol. The van der Waals surface area contributed by atoms with Crippen molar-refractivity contribution in [1.82, 2.24) is 10.2 Å². The van der Waals surface area contributed by atoms with Gasteiger partial charge in [-0.15, -0.1) is 0 Å². The van der Waals surface area contributed by atoms with Gasteiger partial charge in [0.25, 0.3) is 0 Å². The summed E-state index contributed by atoms with van der Waals surface area (Å²) in [5.74, 6) is 0.0713. The SMILES string of the molecule is CC(C)NC(=O)CC(CN)N(C)CCc1ccccc1. The second-order valence-corrected chi connectivity index (χ2v) is 5.53. The number of benzene rings is 1. The lowest BCUT2D eigenvalue weighted by atomic mass is 10.1. The highest BCUT2D eigenvalue weighted by Crippen LogP contribution is 2.05. The summed E-state index contributed by atoms with van der Waals surface area (Å²) in [6.45, 7) is 5.33. The second-order valence-electron chi connectivity index (χ2n) is 5.53. The molecule has 0 aromatic heterocycles. The molecule has 0 saturated heterocycles. The Morgan fingerprint density at radius 1 is 1.30 bits per heavy atom. The zero-order chi connectivity index (χ0) is 15.0. The van der Waals surface area contributed by atoms with Crippen LogP contribution in [0.1, 0.15) is 25.8 Å². The van der Waals surface area contributed by atoms with Crippen LogP contribution in [0.2, 0.25) is 0 Å². The van der Waals surface area contributed by atoms with E-state index in [1.807, 2.05) is 39.1 Å². The number of nitrogens with one attached hydrogen (secondary N) is 1. The summed E-state index contributed by atoms with van der Waals surface area (Å²) in [6.07, 6.45) is 1.43. The van der Waals surface area contributed by atoms with Gasteiger partial charge in [0.15, 0.2) is 0 Å².